The van der Waals surface area contributed by atoms with Gasteiger partial charge in [0.2, 0.25) is 0 Å². The normalized spacial score (nSPS) is 18.2. The van der Waals surface area contributed by atoms with Crippen molar-refractivity contribution in [2.45, 2.75) is 39.3 Å². The van der Waals surface area contributed by atoms with E-state index in [1.165, 1.54) is 7.11 Å². The lowest BCUT2D eigenvalue weighted by Crippen LogP contribution is -2.36. The Kier molecular flexibility index (Phi) is 6.16. The number of rotatable bonds is 6. The van der Waals surface area contributed by atoms with Crippen LogP contribution in [0, 0.1) is 5.92 Å². The van der Waals surface area contributed by atoms with E-state index in [1.807, 2.05) is 24.3 Å². The Morgan fingerprint density at radius 2 is 2.17 bits per heavy atom. The third-order valence-electron chi connectivity index (χ3n) is 4.08. The van der Waals surface area contributed by atoms with Crippen LogP contribution in [0.2, 0.25) is 0 Å². The lowest BCUT2D eigenvalue weighted by Gasteiger charge is -2.22. The van der Waals surface area contributed by atoms with E-state index in [9.17, 15) is 9.59 Å². The third kappa shape index (κ3) is 4.79. The summed E-state index contributed by atoms with van der Waals surface area (Å²) in [5.74, 6) is 0.201. The van der Waals surface area contributed by atoms with Crippen LogP contribution < -0.4 is 5.32 Å². The minimum atomic E-state index is -0.173. The van der Waals surface area contributed by atoms with Crippen LogP contribution in [0.15, 0.2) is 24.3 Å². The molecule has 0 aromatic heterocycles. The zero-order chi connectivity index (χ0) is 16.8. The molecule has 1 N–H and O–H groups in total. The van der Waals surface area contributed by atoms with Crippen molar-refractivity contribution in [3.8, 4) is 0 Å². The molecule has 0 aliphatic carbocycles. The van der Waals surface area contributed by atoms with E-state index in [0.29, 0.717) is 24.6 Å². The molecule has 1 heterocycles. The molecule has 1 aliphatic heterocycles. The number of ether oxygens (including phenoxy) is 1. The molecule has 0 saturated carbocycles. The number of carbonyl (C=O) groups is 2. The lowest BCUT2D eigenvalue weighted by atomic mass is 10.1. The number of hydrogen-bond acceptors (Lipinski definition) is 4. The zero-order valence-corrected chi connectivity index (χ0v) is 14.2. The first-order valence-corrected chi connectivity index (χ1v) is 8.20. The average molecular weight is 318 g/mol. The van der Waals surface area contributed by atoms with Crippen LogP contribution in [0.25, 0.3) is 0 Å². The molecular weight excluding hydrogens is 292 g/mol. The first kappa shape index (κ1) is 17.5. The average Bonchev–Trinajstić information content (AvgIpc) is 3.00. The maximum Gasteiger partial charge on any atom is 0.323 e. The fraction of sp³-hybridized carbons (Fsp3) is 0.556. The van der Waals surface area contributed by atoms with Crippen LogP contribution in [-0.2, 0) is 16.1 Å². The second-order valence-corrected chi connectivity index (χ2v) is 6.46. The molecule has 1 aromatic rings. The highest BCUT2D eigenvalue weighted by Gasteiger charge is 2.31. The maximum atomic E-state index is 12.2. The Morgan fingerprint density at radius 3 is 2.87 bits per heavy atom. The van der Waals surface area contributed by atoms with Gasteiger partial charge in [-0.25, -0.2) is 0 Å². The molecular formula is C18H26N2O3. The zero-order valence-electron chi connectivity index (χ0n) is 14.2. The van der Waals surface area contributed by atoms with E-state index in [2.05, 4.69) is 24.1 Å². The highest BCUT2D eigenvalue weighted by Crippen LogP contribution is 2.21. The van der Waals surface area contributed by atoms with Crippen molar-refractivity contribution in [1.82, 2.24) is 10.2 Å². The molecule has 1 fully saturated rings. The predicted octanol–water partition coefficient (Wildman–Crippen LogP) is 2.21. The molecule has 0 spiro atoms. The summed E-state index contributed by atoms with van der Waals surface area (Å²) in [5.41, 5.74) is 1.70. The largest absolute Gasteiger partial charge is 0.468 e. The number of carbonyl (C=O) groups excluding carboxylic acids is 2. The smallest absolute Gasteiger partial charge is 0.323 e. The molecule has 23 heavy (non-hydrogen) atoms. The van der Waals surface area contributed by atoms with Gasteiger partial charge in [-0.3, -0.25) is 14.5 Å². The Hall–Kier alpha value is -1.88. The van der Waals surface area contributed by atoms with E-state index in [0.717, 1.165) is 24.9 Å². The van der Waals surface area contributed by atoms with E-state index in [-0.39, 0.29) is 17.9 Å². The summed E-state index contributed by atoms with van der Waals surface area (Å²) >= 11 is 0. The number of hydrogen-bond donors (Lipinski definition) is 1. The van der Waals surface area contributed by atoms with E-state index < -0.39 is 0 Å². The molecule has 0 radical (unpaired) electrons. The van der Waals surface area contributed by atoms with Gasteiger partial charge in [0.15, 0.2) is 0 Å². The molecule has 1 aliphatic rings. The molecule has 0 unspecified atom stereocenters. The molecule has 1 saturated heterocycles. The Bertz CT molecular complexity index is 557. The number of amides is 1. The SMILES string of the molecule is COC(=O)[C@@H]1CCCN1Cc1cccc(C(=O)NCC(C)C)c1. The molecule has 1 amide bonds. The Labute approximate surface area is 138 Å². The van der Waals surface area contributed by atoms with Crippen molar-refractivity contribution < 1.29 is 14.3 Å². The highest BCUT2D eigenvalue weighted by molar-refractivity contribution is 5.94. The summed E-state index contributed by atoms with van der Waals surface area (Å²) in [5, 5.41) is 2.93. The monoisotopic (exact) mass is 318 g/mol. The fourth-order valence-corrected chi connectivity index (χ4v) is 2.86. The van der Waals surface area contributed by atoms with E-state index in [4.69, 9.17) is 4.74 Å². The summed E-state index contributed by atoms with van der Waals surface area (Å²) in [4.78, 5) is 26.1. The van der Waals surface area contributed by atoms with Crippen LogP contribution >= 0.6 is 0 Å². The molecule has 1 atom stereocenters. The van der Waals surface area contributed by atoms with Gasteiger partial charge >= 0.3 is 5.97 Å². The summed E-state index contributed by atoms with van der Waals surface area (Å²) in [6, 6.07) is 7.44. The number of nitrogens with one attached hydrogen (secondary N) is 1. The van der Waals surface area contributed by atoms with Crippen molar-refractivity contribution in [3.63, 3.8) is 0 Å². The molecule has 126 valence electrons. The fourth-order valence-electron chi connectivity index (χ4n) is 2.86. The van der Waals surface area contributed by atoms with Crippen LogP contribution in [-0.4, -0.2) is 43.0 Å². The summed E-state index contributed by atoms with van der Waals surface area (Å²) in [6.45, 7) is 6.34. The van der Waals surface area contributed by atoms with Gasteiger partial charge in [-0.05, 0) is 43.0 Å². The molecule has 5 nitrogen and oxygen atoms in total. The number of nitrogens with zero attached hydrogens (tertiary/aromatic N) is 1. The maximum absolute atomic E-state index is 12.2. The Balaban J connectivity index is 2.02. The van der Waals surface area contributed by atoms with Crippen molar-refractivity contribution in [2.24, 2.45) is 5.92 Å². The minimum absolute atomic E-state index is 0.0495. The molecule has 2 rings (SSSR count). The highest BCUT2D eigenvalue weighted by atomic mass is 16.5. The second-order valence-electron chi connectivity index (χ2n) is 6.46. The first-order valence-electron chi connectivity index (χ1n) is 8.20. The van der Waals surface area contributed by atoms with Gasteiger partial charge in [-0.15, -0.1) is 0 Å². The van der Waals surface area contributed by atoms with Crippen molar-refractivity contribution in [2.75, 3.05) is 20.2 Å². The van der Waals surface area contributed by atoms with Crippen molar-refractivity contribution in [3.05, 3.63) is 35.4 Å². The Morgan fingerprint density at radius 1 is 1.39 bits per heavy atom. The predicted molar refractivity (Wildman–Crippen MR) is 89.1 cm³/mol. The second kappa shape index (κ2) is 8.11. The van der Waals surface area contributed by atoms with Crippen LogP contribution in [0.3, 0.4) is 0 Å². The summed E-state index contributed by atoms with van der Waals surface area (Å²) in [6.07, 6.45) is 1.83. The van der Waals surface area contributed by atoms with Gasteiger partial charge < -0.3 is 10.1 Å². The third-order valence-corrected chi connectivity index (χ3v) is 4.08. The molecule has 5 heteroatoms. The van der Waals surface area contributed by atoms with Gasteiger partial charge in [0.25, 0.3) is 5.91 Å². The van der Waals surface area contributed by atoms with Crippen LogP contribution in [0.1, 0.15) is 42.6 Å². The first-order chi connectivity index (χ1) is 11.0. The van der Waals surface area contributed by atoms with Crippen LogP contribution in [0.5, 0.6) is 0 Å². The topological polar surface area (TPSA) is 58.6 Å². The minimum Gasteiger partial charge on any atom is -0.468 e. The van der Waals surface area contributed by atoms with Crippen molar-refractivity contribution >= 4 is 11.9 Å². The van der Waals surface area contributed by atoms with Gasteiger partial charge in [0.05, 0.1) is 7.11 Å². The number of methoxy groups -OCH3 is 1. The van der Waals surface area contributed by atoms with E-state index in [1.54, 1.807) is 0 Å². The van der Waals surface area contributed by atoms with Crippen LogP contribution in [0.4, 0.5) is 0 Å². The summed E-state index contributed by atoms with van der Waals surface area (Å²) in [7, 11) is 1.43. The molecule has 0 bridgehead atoms. The quantitative estimate of drug-likeness (QED) is 0.817. The van der Waals surface area contributed by atoms with Gasteiger partial charge in [-0.1, -0.05) is 26.0 Å². The summed E-state index contributed by atoms with van der Waals surface area (Å²) < 4.78 is 4.87. The van der Waals surface area contributed by atoms with Gasteiger partial charge in [0, 0.05) is 18.7 Å². The standard InChI is InChI=1S/C18H26N2O3/c1-13(2)11-19-17(21)15-7-4-6-14(10-15)12-20-9-5-8-16(20)18(22)23-3/h4,6-7,10,13,16H,5,8-9,11-12H2,1-3H3,(H,19,21)/t16-/m0/s1. The number of esters is 1. The van der Waals surface area contributed by atoms with Gasteiger partial charge in [-0.2, -0.15) is 0 Å². The number of benzene rings is 1. The lowest BCUT2D eigenvalue weighted by molar-refractivity contribution is -0.146. The van der Waals surface area contributed by atoms with Crippen molar-refractivity contribution in [1.29, 1.82) is 0 Å². The number of likely N-dealkylation sites (tertiary alicyclic amines) is 1. The van der Waals surface area contributed by atoms with E-state index >= 15 is 0 Å². The van der Waals surface area contributed by atoms with Gasteiger partial charge in [0.1, 0.15) is 6.04 Å². The molecule has 1 aromatic carbocycles.